The van der Waals surface area contributed by atoms with Crippen LogP contribution in [0.5, 0.6) is 0 Å². The van der Waals surface area contributed by atoms with Crippen LogP contribution in [-0.4, -0.2) is 30.0 Å². The molecule has 4 heteroatoms. The van der Waals surface area contributed by atoms with E-state index in [4.69, 9.17) is 5.73 Å². The molecule has 3 nitrogen and oxygen atoms in total. The predicted molar refractivity (Wildman–Crippen MR) is 49.7 cm³/mol. The number of hydrogen-bond acceptors (Lipinski definition) is 3. The number of nitrogens with two attached hydrogens (primary N) is 1. The van der Waals surface area contributed by atoms with E-state index in [0.29, 0.717) is 12.3 Å². The lowest BCUT2D eigenvalue weighted by Gasteiger charge is -2.18. The molecule has 3 N–H and O–H groups in total. The van der Waals surface area contributed by atoms with E-state index in [1.54, 1.807) is 0 Å². The van der Waals surface area contributed by atoms with Crippen LogP contribution in [0.4, 0.5) is 0 Å². The summed E-state index contributed by atoms with van der Waals surface area (Å²) in [6.45, 7) is 4.30. The van der Waals surface area contributed by atoms with E-state index < -0.39 is 0 Å². The molecule has 0 aliphatic rings. The van der Waals surface area contributed by atoms with E-state index in [2.05, 4.69) is 5.32 Å². The van der Waals surface area contributed by atoms with Gasteiger partial charge < -0.3 is 11.1 Å². The smallest absolute Gasteiger partial charge is 0.230 e. The summed E-state index contributed by atoms with van der Waals surface area (Å²) in [6.07, 6.45) is 1.90. The molecule has 0 atom stereocenters. The fourth-order valence-corrected chi connectivity index (χ4v) is 0.873. The van der Waals surface area contributed by atoms with Crippen molar-refractivity contribution < 1.29 is 4.79 Å². The van der Waals surface area contributed by atoms with Gasteiger partial charge >= 0.3 is 0 Å². The molecule has 0 aromatic heterocycles. The van der Waals surface area contributed by atoms with E-state index >= 15 is 0 Å². The van der Waals surface area contributed by atoms with Crippen molar-refractivity contribution in [1.82, 2.24) is 5.32 Å². The summed E-state index contributed by atoms with van der Waals surface area (Å²) < 4.78 is 0. The van der Waals surface area contributed by atoms with Gasteiger partial charge in [-0.1, -0.05) is 0 Å². The molecule has 0 rings (SSSR count). The minimum absolute atomic E-state index is 0.0519. The zero-order chi connectivity index (χ0) is 8.91. The third kappa shape index (κ3) is 7.68. The first-order valence-corrected chi connectivity index (χ1v) is 4.89. The number of thioether (sulfide) groups is 1. The minimum Gasteiger partial charge on any atom is -0.354 e. The molecule has 0 aliphatic carbocycles. The van der Waals surface area contributed by atoms with Gasteiger partial charge in [-0.2, -0.15) is 11.8 Å². The highest BCUT2D eigenvalue weighted by Crippen LogP contribution is 1.94. The molecule has 0 spiro atoms. The second-order valence-electron chi connectivity index (χ2n) is 3.20. The number of amides is 1. The summed E-state index contributed by atoms with van der Waals surface area (Å²) in [7, 11) is 0. The summed E-state index contributed by atoms with van der Waals surface area (Å²) in [6, 6.07) is 0. The quantitative estimate of drug-likeness (QED) is 0.643. The molecular formula is C7H16N2OS. The molecule has 0 bridgehead atoms. The van der Waals surface area contributed by atoms with Crippen LogP contribution in [0.25, 0.3) is 0 Å². The van der Waals surface area contributed by atoms with Crippen molar-refractivity contribution in [2.75, 3.05) is 18.6 Å². The van der Waals surface area contributed by atoms with E-state index in [-0.39, 0.29) is 11.4 Å². The Hall–Kier alpha value is -0.220. The highest BCUT2D eigenvalue weighted by Gasteiger charge is 2.11. The van der Waals surface area contributed by atoms with Crippen molar-refractivity contribution in [2.24, 2.45) is 5.73 Å². The summed E-state index contributed by atoms with van der Waals surface area (Å²) in [5, 5.41) is 2.74. The second kappa shape index (κ2) is 4.62. The van der Waals surface area contributed by atoms with Crippen LogP contribution >= 0.6 is 11.8 Å². The van der Waals surface area contributed by atoms with Crippen molar-refractivity contribution >= 4 is 17.7 Å². The predicted octanol–water partition coefficient (Wildman–Crippen LogP) is 0.203. The van der Waals surface area contributed by atoms with Gasteiger partial charge in [0.15, 0.2) is 0 Å². The van der Waals surface area contributed by atoms with Crippen molar-refractivity contribution in [2.45, 2.75) is 19.4 Å². The van der Waals surface area contributed by atoms with Gasteiger partial charge in [0.2, 0.25) is 5.91 Å². The normalized spacial score (nSPS) is 11.3. The average Bonchev–Trinajstić information content (AvgIpc) is 1.83. The van der Waals surface area contributed by atoms with Crippen LogP contribution in [-0.2, 0) is 4.79 Å². The molecule has 66 valence electrons. The first-order valence-electron chi connectivity index (χ1n) is 3.50. The van der Waals surface area contributed by atoms with Gasteiger partial charge in [-0.05, 0) is 20.1 Å². The van der Waals surface area contributed by atoms with Gasteiger partial charge in [-0.25, -0.2) is 0 Å². The standard InChI is InChI=1S/C7H16N2OS/c1-7(2,8)5-9-6(10)4-11-3/h4-5,8H2,1-3H3,(H,9,10). The molecule has 0 aromatic rings. The Morgan fingerprint density at radius 1 is 1.64 bits per heavy atom. The highest BCUT2D eigenvalue weighted by molar-refractivity contribution is 7.99. The van der Waals surface area contributed by atoms with E-state index in [1.165, 1.54) is 11.8 Å². The van der Waals surface area contributed by atoms with E-state index in [9.17, 15) is 4.79 Å². The SMILES string of the molecule is CSCC(=O)NCC(C)(C)N. The summed E-state index contributed by atoms with van der Waals surface area (Å²) >= 11 is 1.51. The highest BCUT2D eigenvalue weighted by atomic mass is 32.2. The van der Waals surface area contributed by atoms with Gasteiger partial charge in [0.05, 0.1) is 5.75 Å². The van der Waals surface area contributed by atoms with Crippen LogP contribution in [0.15, 0.2) is 0 Å². The average molecular weight is 176 g/mol. The van der Waals surface area contributed by atoms with Gasteiger partial charge in [0.25, 0.3) is 0 Å². The molecule has 0 unspecified atom stereocenters. The van der Waals surface area contributed by atoms with Crippen LogP contribution in [0, 0.1) is 0 Å². The Morgan fingerprint density at radius 3 is 2.55 bits per heavy atom. The van der Waals surface area contributed by atoms with Gasteiger partial charge in [0, 0.05) is 12.1 Å². The van der Waals surface area contributed by atoms with Crippen LogP contribution < -0.4 is 11.1 Å². The van der Waals surface area contributed by atoms with Crippen molar-refractivity contribution in [3.63, 3.8) is 0 Å². The van der Waals surface area contributed by atoms with E-state index in [1.807, 2.05) is 20.1 Å². The fraction of sp³-hybridized carbons (Fsp3) is 0.857. The molecule has 0 saturated heterocycles. The first-order chi connectivity index (χ1) is 4.95. The van der Waals surface area contributed by atoms with Crippen molar-refractivity contribution in [1.29, 1.82) is 0 Å². The molecule has 11 heavy (non-hydrogen) atoms. The largest absolute Gasteiger partial charge is 0.354 e. The Bertz CT molecular complexity index is 131. The molecule has 0 fully saturated rings. The number of carbonyl (C=O) groups excluding carboxylic acids is 1. The Kier molecular flexibility index (Phi) is 4.52. The maximum atomic E-state index is 10.9. The molecule has 0 radical (unpaired) electrons. The first kappa shape index (κ1) is 10.8. The number of carbonyl (C=O) groups is 1. The number of nitrogens with one attached hydrogen (secondary N) is 1. The van der Waals surface area contributed by atoms with Gasteiger partial charge in [0.1, 0.15) is 0 Å². The second-order valence-corrected chi connectivity index (χ2v) is 4.06. The van der Waals surface area contributed by atoms with Gasteiger partial charge in [-0.15, -0.1) is 0 Å². The molecular weight excluding hydrogens is 160 g/mol. The lowest BCUT2D eigenvalue weighted by atomic mass is 10.1. The number of hydrogen-bond donors (Lipinski definition) is 2. The monoisotopic (exact) mass is 176 g/mol. The zero-order valence-corrected chi connectivity index (χ0v) is 8.12. The lowest BCUT2D eigenvalue weighted by molar-refractivity contribution is -0.118. The maximum Gasteiger partial charge on any atom is 0.230 e. The van der Waals surface area contributed by atoms with Crippen molar-refractivity contribution in [3.8, 4) is 0 Å². The Labute approximate surface area is 72.1 Å². The molecule has 0 aromatic carbocycles. The molecule has 1 amide bonds. The van der Waals surface area contributed by atoms with Crippen LogP contribution in [0.1, 0.15) is 13.8 Å². The Balaban J connectivity index is 3.46. The van der Waals surface area contributed by atoms with Crippen LogP contribution in [0.3, 0.4) is 0 Å². The summed E-state index contributed by atoms with van der Waals surface area (Å²) in [4.78, 5) is 10.9. The van der Waals surface area contributed by atoms with Crippen LogP contribution in [0.2, 0.25) is 0 Å². The van der Waals surface area contributed by atoms with E-state index in [0.717, 1.165) is 0 Å². The third-order valence-corrected chi connectivity index (χ3v) is 1.57. The molecule has 0 aliphatic heterocycles. The third-order valence-electron chi connectivity index (χ3n) is 1.02. The minimum atomic E-state index is -0.311. The Morgan fingerprint density at radius 2 is 2.18 bits per heavy atom. The lowest BCUT2D eigenvalue weighted by Crippen LogP contribution is -2.45. The van der Waals surface area contributed by atoms with Gasteiger partial charge in [-0.3, -0.25) is 4.79 Å². The summed E-state index contributed by atoms with van der Waals surface area (Å²) in [5.74, 6) is 0.562. The molecule has 0 saturated carbocycles. The topological polar surface area (TPSA) is 55.1 Å². The van der Waals surface area contributed by atoms with Crippen molar-refractivity contribution in [3.05, 3.63) is 0 Å². The molecule has 0 heterocycles. The maximum absolute atomic E-state index is 10.9. The number of rotatable bonds is 4. The zero-order valence-electron chi connectivity index (χ0n) is 7.31. The summed E-state index contributed by atoms with van der Waals surface area (Å²) in [5.41, 5.74) is 5.35. The fourth-order valence-electron chi connectivity index (χ4n) is 0.509.